The van der Waals surface area contributed by atoms with Gasteiger partial charge in [0.1, 0.15) is 5.52 Å². The van der Waals surface area contributed by atoms with Crippen molar-refractivity contribution in [2.24, 2.45) is 5.92 Å². The van der Waals surface area contributed by atoms with Crippen LogP contribution < -0.4 is 0 Å². The van der Waals surface area contributed by atoms with E-state index in [1.165, 1.54) is 0 Å². The van der Waals surface area contributed by atoms with Crippen molar-refractivity contribution in [1.82, 2.24) is 9.88 Å². The fourth-order valence-corrected chi connectivity index (χ4v) is 2.74. The van der Waals surface area contributed by atoms with Gasteiger partial charge in [0.05, 0.1) is 13.2 Å². The standard InChI is InChI=1S/C14H18N2O2/c1-10-6-7-16(12(10)9-17)8-14-15-11-4-2-3-5-13(11)18-14/h2-5,10,12,17H,6-9H2,1H3. The van der Waals surface area contributed by atoms with E-state index < -0.39 is 0 Å². The van der Waals surface area contributed by atoms with Crippen LogP contribution >= 0.6 is 0 Å². The molecule has 2 unspecified atom stereocenters. The fourth-order valence-electron chi connectivity index (χ4n) is 2.74. The first-order valence-electron chi connectivity index (χ1n) is 6.47. The maximum absolute atomic E-state index is 9.43. The molecule has 2 atom stereocenters. The van der Waals surface area contributed by atoms with Gasteiger partial charge in [-0.15, -0.1) is 0 Å². The van der Waals surface area contributed by atoms with Crippen LogP contribution in [0.2, 0.25) is 0 Å². The molecule has 1 fully saturated rings. The van der Waals surface area contributed by atoms with E-state index in [0.717, 1.165) is 30.0 Å². The number of likely N-dealkylation sites (tertiary alicyclic amines) is 1. The van der Waals surface area contributed by atoms with Crippen LogP contribution in [0.1, 0.15) is 19.2 Å². The molecule has 1 aromatic carbocycles. The molecule has 0 spiro atoms. The summed E-state index contributed by atoms with van der Waals surface area (Å²) in [5.41, 5.74) is 1.74. The van der Waals surface area contributed by atoms with Gasteiger partial charge in [-0.2, -0.15) is 0 Å². The molecular weight excluding hydrogens is 228 g/mol. The van der Waals surface area contributed by atoms with Gasteiger partial charge in [-0.05, 0) is 31.0 Å². The Labute approximate surface area is 106 Å². The molecule has 0 aliphatic carbocycles. The quantitative estimate of drug-likeness (QED) is 0.900. The Morgan fingerprint density at radius 3 is 3.06 bits per heavy atom. The number of benzene rings is 1. The Balaban J connectivity index is 1.80. The Hall–Kier alpha value is -1.39. The number of aliphatic hydroxyl groups excluding tert-OH is 1. The van der Waals surface area contributed by atoms with Crippen LogP contribution in [0.3, 0.4) is 0 Å². The van der Waals surface area contributed by atoms with Crippen LogP contribution in [0.25, 0.3) is 11.1 Å². The van der Waals surface area contributed by atoms with Crippen LogP contribution in [0, 0.1) is 5.92 Å². The van der Waals surface area contributed by atoms with Gasteiger partial charge in [0.25, 0.3) is 0 Å². The van der Waals surface area contributed by atoms with Crippen LogP contribution in [0.5, 0.6) is 0 Å². The lowest BCUT2D eigenvalue weighted by Crippen LogP contribution is -2.34. The summed E-state index contributed by atoms with van der Waals surface area (Å²) in [5.74, 6) is 1.28. The van der Waals surface area contributed by atoms with Crippen LogP contribution in [0.15, 0.2) is 28.7 Å². The zero-order valence-electron chi connectivity index (χ0n) is 10.5. The van der Waals surface area contributed by atoms with Gasteiger partial charge < -0.3 is 9.52 Å². The first-order chi connectivity index (χ1) is 8.78. The smallest absolute Gasteiger partial charge is 0.209 e. The molecule has 1 aliphatic rings. The van der Waals surface area contributed by atoms with Crippen LogP contribution in [-0.2, 0) is 6.54 Å². The molecule has 0 amide bonds. The number of para-hydroxylation sites is 2. The zero-order valence-corrected chi connectivity index (χ0v) is 10.5. The Morgan fingerprint density at radius 2 is 2.28 bits per heavy atom. The highest BCUT2D eigenvalue weighted by Gasteiger charge is 2.31. The van der Waals surface area contributed by atoms with Gasteiger partial charge in [-0.1, -0.05) is 19.1 Å². The van der Waals surface area contributed by atoms with E-state index in [-0.39, 0.29) is 12.6 Å². The molecule has 4 heteroatoms. The lowest BCUT2D eigenvalue weighted by Gasteiger charge is -2.23. The van der Waals surface area contributed by atoms with Gasteiger partial charge >= 0.3 is 0 Å². The Bertz CT molecular complexity index is 504. The number of nitrogens with zero attached hydrogens (tertiary/aromatic N) is 2. The number of rotatable bonds is 3. The highest BCUT2D eigenvalue weighted by atomic mass is 16.3. The van der Waals surface area contributed by atoms with E-state index in [4.69, 9.17) is 4.42 Å². The summed E-state index contributed by atoms with van der Waals surface area (Å²) >= 11 is 0. The highest BCUT2D eigenvalue weighted by Crippen LogP contribution is 2.26. The first-order valence-corrected chi connectivity index (χ1v) is 6.47. The molecule has 1 N–H and O–H groups in total. The van der Waals surface area contributed by atoms with Crippen molar-refractivity contribution in [3.63, 3.8) is 0 Å². The van der Waals surface area contributed by atoms with Crippen molar-refractivity contribution in [2.75, 3.05) is 13.2 Å². The normalized spacial score (nSPS) is 25.0. The van der Waals surface area contributed by atoms with E-state index in [1.54, 1.807) is 0 Å². The van der Waals surface area contributed by atoms with Crippen LogP contribution in [-0.4, -0.2) is 34.2 Å². The molecule has 2 aromatic rings. The van der Waals surface area contributed by atoms with Crippen molar-refractivity contribution < 1.29 is 9.52 Å². The van der Waals surface area contributed by atoms with Gasteiger partial charge in [0.15, 0.2) is 5.58 Å². The minimum atomic E-state index is 0.210. The van der Waals surface area contributed by atoms with Gasteiger partial charge in [0, 0.05) is 6.04 Å². The van der Waals surface area contributed by atoms with Crippen molar-refractivity contribution in [3.05, 3.63) is 30.2 Å². The average Bonchev–Trinajstić information content (AvgIpc) is 2.93. The number of hydrogen-bond donors (Lipinski definition) is 1. The third-order valence-corrected chi connectivity index (χ3v) is 3.86. The summed E-state index contributed by atoms with van der Waals surface area (Å²) in [6.45, 7) is 4.09. The summed E-state index contributed by atoms with van der Waals surface area (Å²) < 4.78 is 5.72. The molecule has 1 saturated heterocycles. The second-order valence-electron chi connectivity index (χ2n) is 5.06. The van der Waals surface area contributed by atoms with Gasteiger partial charge in [0.2, 0.25) is 5.89 Å². The second-order valence-corrected chi connectivity index (χ2v) is 5.06. The summed E-state index contributed by atoms with van der Waals surface area (Å²) in [5, 5.41) is 9.43. The summed E-state index contributed by atoms with van der Waals surface area (Å²) in [4.78, 5) is 6.74. The molecule has 0 saturated carbocycles. The lowest BCUT2D eigenvalue weighted by atomic mass is 10.0. The Kier molecular flexibility index (Phi) is 3.06. The molecule has 0 bridgehead atoms. The number of aromatic nitrogens is 1. The van der Waals surface area contributed by atoms with Crippen molar-refractivity contribution >= 4 is 11.1 Å². The number of fused-ring (bicyclic) bond motifs is 1. The number of oxazole rings is 1. The first kappa shape index (κ1) is 11.7. The number of hydrogen-bond acceptors (Lipinski definition) is 4. The predicted octanol–water partition coefficient (Wildman–Crippen LogP) is 2.03. The monoisotopic (exact) mass is 246 g/mol. The lowest BCUT2D eigenvalue weighted by molar-refractivity contribution is 0.127. The average molecular weight is 246 g/mol. The molecular formula is C14H18N2O2. The van der Waals surface area contributed by atoms with Crippen molar-refractivity contribution in [2.45, 2.75) is 25.9 Å². The molecule has 4 nitrogen and oxygen atoms in total. The van der Waals surface area contributed by atoms with E-state index >= 15 is 0 Å². The summed E-state index contributed by atoms with van der Waals surface area (Å²) in [6, 6.07) is 8.04. The topological polar surface area (TPSA) is 49.5 Å². The fraction of sp³-hybridized carbons (Fsp3) is 0.500. The van der Waals surface area contributed by atoms with Crippen molar-refractivity contribution in [3.8, 4) is 0 Å². The van der Waals surface area contributed by atoms with E-state index in [1.807, 2.05) is 24.3 Å². The SMILES string of the molecule is CC1CCN(Cc2nc3ccccc3o2)C1CO. The third kappa shape index (κ3) is 2.02. The van der Waals surface area contributed by atoms with Crippen LogP contribution in [0.4, 0.5) is 0 Å². The summed E-state index contributed by atoms with van der Waals surface area (Å²) in [6.07, 6.45) is 1.13. The molecule has 18 heavy (non-hydrogen) atoms. The molecule has 2 heterocycles. The molecule has 1 aromatic heterocycles. The minimum absolute atomic E-state index is 0.210. The van der Waals surface area contributed by atoms with E-state index in [2.05, 4.69) is 16.8 Å². The maximum atomic E-state index is 9.43. The van der Waals surface area contributed by atoms with E-state index in [0.29, 0.717) is 12.5 Å². The third-order valence-electron chi connectivity index (χ3n) is 3.86. The molecule has 96 valence electrons. The minimum Gasteiger partial charge on any atom is -0.439 e. The van der Waals surface area contributed by atoms with Crippen molar-refractivity contribution in [1.29, 1.82) is 0 Å². The second kappa shape index (κ2) is 4.71. The summed E-state index contributed by atoms with van der Waals surface area (Å²) in [7, 11) is 0. The van der Waals surface area contributed by atoms with Gasteiger partial charge in [-0.3, -0.25) is 4.90 Å². The molecule has 1 aliphatic heterocycles. The predicted molar refractivity (Wildman–Crippen MR) is 69.1 cm³/mol. The molecule has 3 rings (SSSR count). The number of aliphatic hydroxyl groups is 1. The van der Waals surface area contributed by atoms with E-state index in [9.17, 15) is 5.11 Å². The zero-order chi connectivity index (χ0) is 12.5. The molecule has 0 radical (unpaired) electrons. The Morgan fingerprint density at radius 1 is 1.44 bits per heavy atom. The largest absolute Gasteiger partial charge is 0.439 e. The highest BCUT2D eigenvalue weighted by molar-refractivity contribution is 5.72. The maximum Gasteiger partial charge on any atom is 0.209 e. The van der Waals surface area contributed by atoms with Gasteiger partial charge in [-0.25, -0.2) is 4.98 Å².